The van der Waals surface area contributed by atoms with Gasteiger partial charge in [0.15, 0.2) is 0 Å². The minimum absolute atomic E-state index is 0.0958. The van der Waals surface area contributed by atoms with Crippen molar-refractivity contribution in [1.82, 2.24) is 0 Å². The first-order valence-electron chi connectivity index (χ1n) is 6.93. The molecule has 0 N–H and O–H groups in total. The second-order valence-electron chi connectivity index (χ2n) is 4.56. The summed E-state index contributed by atoms with van der Waals surface area (Å²) in [5.41, 5.74) is -1.05. The molecule has 7 heteroatoms. The van der Waals surface area contributed by atoms with Crippen molar-refractivity contribution in [3.63, 3.8) is 0 Å². The first-order chi connectivity index (χ1) is 10.5. The molecule has 1 aliphatic rings. The van der Waals surface area contributed by atoms with Gasteiger partial charge in [-0.25, -0.2) is 14.4 Å². The molecule has 0 aromatic rings. The molecule has 0 radical (unpaired) electrons. The van der Waals surface area contributed by atoms with Crippen LogP contribution in [0.4, 0.5) is 0 Å². The minimum atomic E-state index is -1.45. The smallest absolute Gasteiger partial charge is 0.375 e. The maximum absolute atomic E-state index is 12.1. The summed E-state index contributed by atoms with van der Waals surface area (Å²) in [5, 5.41) is 0. The lowest BCUT2D eigenvalue weighted by Crippen LogP contribution is -2.42. The molecule has 0 aromatic carbocycles. The first-order valence-corrected chi connectivity index (χ1v) is 6.93. The highest BCUT2D eigenvalue weighted by Crippen LogP contribution is 2.40. The van der Waals surface area contributed by atoms with Gasteiger partial charge in [0.1, 0.15) is 0 Å². The lowest BCUT2D eigenvalue weighted by molar-refractivity contribution is -0.171. The number of carbonyl (C=O) groups is 3. The molecule has 1 heterocycles. The zero-order valence-corrected chi connectivity index (χ0v) is 13.1. The molecule has 122 valence electrons. The van der Waals surface area contributed by atoms with Crippen LogP contribution in [0.3, 0.4) is 0 Å². The summed E-state index contributed by atoms with van der Waals surface area (Å²) in [5.74, 6) is -2.13. The molecular weight excluding hydrogens is 292 g/mol. The van der Waals surface area contributed by atoms with Crippen molar-refractivity contribution in [1.29, 1.82) is 0 Å². The van der Waals surface area contributed by atoms with Crippen molar-refractivity contribution in [3.05, 3.63) is 23.7 Å². The number of hydrogen-bond acceptors (Lipinski definition) is 7. The second-order valence-corrected chi connectivity index (χ2v) is 4.56. The fourth-order valence-electron chi connectivity index (χ4n) is 2.35. The second kappa shape index (κ2) is 7.63. The van der Waals surface area contributed by atoms with E-state index in [1.807, 2.05) is 6.92 Å². The highest BCUT2D eigenvalue weighted by Gasteiger charge is 2.54. The molecule has 0 saturated heterocycles. The van der Waals surface area contributed by atoms with E-state index >= 15 is 0 Å². The van der Waals surface area contributed by atoms with Crippen LogP contribution >= 0.6 is 0 Å². The standard InChI is InChI=1S/C15H20O7/c1-5-8-15(14(18)20-4)10(6-2)12(13(17)22-15)21-9-7-11(16)19-3/h7,9H,5-6,8H2,1-4H3/b9-7+. The maximum Gasteiger partial charge on any atom is 0.375 e. The summed E-state index contributed by atoms with van der Waals surface area (Å²) in [6, 6.07) is 0. The fraction of sp³-hybridized carbons (Fsp3) is 0.533. The van der Waals surface area contributed by atoms with Gasteiger partial charge in [-0.05, 0) is 6.42 Å². The lowest BCUT2D eigenvalue weighted by Gasteiger charge is -2.26. The van der Waals surface area contributed by atoms with Crippen molar-refractivity contribution in [2.75, 3.05) is 14.2 Å². The van der Waals surface area contributed by atoms with E-state index in [4.69, 9.17) is 14.2 Å². The normalized spacial score (nSPS) is 21.0. The Bertz CT molecular complexity index is 518. The third-order valence-electron chi connectivity index (χ3n) is 3.28. The molecule has 7 nitrogen and oxygen atoms in total. The van der Waals surface area contributed by atoms with Gasteiger partial charge in [0.05, 0.1) is 26.6 Å². The van der Waals surface area contributed by atoms with Crippen LogP contribution < -0.4 is 0 Å². The average molecular weight is 312 g/mol. The number of cyclic esters (lactones) is 1. The van der Waals surface area contributed by atoms with E-state index in [0.29, 0.717) is 24.8 Å². The molecule has 0 bridgehead atoms. The molecular formula is C15H20O7. The van der Waals surface area contributed by atoms with Gasteiger partial charge >= 0.3 is 17.9 Å². The quantitative estimate of drug-likeness (QED) is 0.305. The Hall–Kier alpha value is -2.31. The number of hydrogen-bond donors (Lipinski definition) is 0. The monoisotopic (exact) mass is 312 g/mol. The predicted molar refractivity (Wildman–Crippen MR) is 75.3 cm³/mol. The van der Waals surface area contributed by atoms with Gasteiger partial charge in [0, 0.05) is 12.0 Å². The van der Waals surface area contributed by atoms with Crippen LogP contribution in [0.2, 0.25) is 0 Å². The van der Waals surface area contributed by atoms with Crippen molar-refractivity contribution < 1.29 is 33.3 Å². The molecule has 0 aliphatic carbocycles. The van der Waals surface area contributed by atoms with Crippen molar-refractivity contribution >= 4 is 17.9 Å². The molecule has 1 atom stereocenters. The molecule has 0 spiro atoms. The number of ether oxygens (including phenoxy) is 4. The summed E-state index contributed by atoms with van der Waals surface area (Å²) < 4.78 is 19.7. The Kier molecular flexibility index (Phi) is 6.15. The lowest BCUT2D eigenvalue weighted by atomic mass is 9.88. The zero-order chi connectivity index (χ0) is 16.8. The summed E-state index contributed by atoms with van der Waals surface area (Å²) in [7, 11) is 2.45. The predicted octanol–water partition coefficient (Wildman–Crippen LogP) is 1.62. The molecule has 0 saturated carbocycles. The van der Waals surface area contributed by atoms with Crippen LogP contribution in [0.5, 0.6) is 0 Å². The molecule has 0 fully saturated rings. The summed E-state index contributed by atoms with van der Waals surface area (Å²) in [4.78, 5) is 35.2. The van der Waals surface area contributed by atoms with Crippen LogP contribution in [0.25, 0.3) is 0 Å². The van der Waals surface area contributed by atoms with E-state index in [0.717, 1.165) is 12.3 Å². The van der Waals surface area contributed by atoms with Gasteiger partial charge in [-0.2, -0.15) is 0 Å². The molecule has 22 heavy (non-hydrogen) atoms. The highest BCUT2D eigenvalue weighted by molar-refractivity contribution is 5.99. The third kappa shape index (κ3) is 3.29. The average Bonchev–Trinajstić information content (AvgIpc) is 2.79. The SMILES string of the molecule is CCCC1(C(=O)OC)OC(=O)C(O/C=C/C(=O)OC)=C1CC. The summed E-state index contributed by atoms with van der Waals surface area (Å²) >= 11 is 0. The number of esters is 3. The molecule has 0 amide bonds. The highest BCUT2D eigenvalue weighted by atomic mass is 16.6. The topological polar surface area (TPSA) is 88.1 Å². The number of carbonyl (C=O) groups excluding carboxylic acids is 3. The molecule has 0 aromatic heterocycles. The van der Waals surface area contributed by atoms with E-state index in [-0.39, 0.29) is 5.76 Å². The Balaban J connectivity index is 3.17. The van der Waals surface area contributed by atoms with Crippen LogP contribution in [-0.2, 0) is 33.3 Å². The van der Waals surface area contributed by atoms with Gasteiger partial charge in [-0.15, -0.1) is 0 Å². The summed E-state index contributed by atoms with van der Waals surface area (Å²) in [6.45, 7) is 3.64. The van der Waals surface area contributed by atoms with E-state index in [1.165, 1.54) is 14.2 Å². The first kappa shape index (κ1) is 17.7. The van der Waals surface area contributed by atoms with Gasteiger partial charge in [0.25, 0.3) is 0 Å². The number of rotatable bonds is 7. The molecule has 1 unspecified atom stereocenters. The Labute approximate surface area is 128 Å². The Morgan fingerprint density at radius 2 is 1.91 bits per heavy atom. The van der Waals surface area contributed by atoms with Crippen LogP contribution in [0.15, 0.2) is 23.7 Å². The fourth-order valence-corrected chi connectivity index (χ4v) is 2.35. The van der Waals surface area contributed by atoms with E-state index in [9.17, 15) is 14.4 Å². The van der Waals surface area contributed by atoms with Gasteiger partial charge in [-0.3, -0.25) is 0 Å². The van der Waals surface area contributed by atoms with Gasteiger partial charge in [0.2, 0.25) is 11.4 Å². The zero-order valence-electron chi connectivity index (χ0n) is 13.1. The van der Waals surface area contributed by atoms with Crippen LogP contribution in [0.1, 0.15) is 33.1 Å². The van der Waals surface area contributed by atoms with Crippen molar-refractivity contribution in [3.8, 4) is 0 Å². The van der Waals surface area contributed by atoms with Crippen LogP contribution in [-0.4, -0.2) is 37.7 Å². The third-order valence-corrected chi connectivity index (χ3v) is 3.28. The van der Waals surface area contributed by atoms with E-state index in [1.54, 1.807) is 6.92 Å². The van der Waals surface area contributed by atoms with Gasteiger partial charge < -0.3 is 18.9 Å². The summed E-state index contributed by atoms with van der Waals surface area (Å²) in [6.07, 6.45) is 3.31. The minimum Gasteiger partial charge on any atom is -0.466 e. The Morgan fingerprint density at radius 3 is 2.41 bits per heavy atom. The number of methoxy groups -OCH3 is 2. The van der Waals surface area contributed by atoms with E-state index in [2.05, 4.69) is 4.74 Å². The van der Waals surface area contributed by atoms with E-state index < -0.39 is 23.5 Å². The Morgan fingerprint density at radius 1 is 1.23 bits per heavy atom. The van der Waals surface area contributed by atoms with Crippen molar-refractivity contribution in [2.45, 2.75) is 38.7 Å². The van der Waals surface area contributed by atoms with Crippen LogP contribution in [0, 0.1) is 0 Å². The van der Waals surface area contributed by atoms with Gasteiger partial charge in [-0.1, -0.05) is 20.3 Å². The molecule has 1 aliphatic heterocycles. The van der Waals surface area contributed by atoms with Crippen molar-refractivity contribution in [2.24, 2.45) is 0 Å². The largest absolute Gasteiger partial charge is 0.466 e. The molecule has 1 rings (SSSR count). The maximum atomic E-state index is 12.1.